The first-order valence-electron chi connectivity index (χ1n) is 5.22. The molecule has 0 unspecified atom stereocenters. The van der Waals surface area contributed by atoms with E-state index in [1.807, 2.05) is 0 Å². The van der Waals surface area contributed by atoms with Gasteiger partial charge in [-0.05, 0) is 0 Å². The third-order valence-electron chi connectivity index (χ3n) is 3.24. The molecule has 2 aliphatic rings. The van der Waals surface area contributed by atoms with E-state index in [-0.39, 0.29) is 17.6 Å². The summed E-state index contributed by atoms with van der Waals surface area (Å²) in [6.07, 6.45) is -4.41. The third kappa shape index (κ3) is 1.47. The lowest BCUT2D eigenvalue weighted by atomic mass is 9.84. The molecule has 1 N–H and O–H groups in total. The lowest BCUT2D eigenvalue weighted by molar-refractivity contribution is -0.265. The molecule has 0 amide bonds. The van der Waals surface area contributed by atoms with Gasteiger partial charge in [-0.2, -0.15) is 18.2 Å². The van der Waals surface area contributed by atoms with E-state index in [2.05, 4.69) is 20.2 Å². The highest BCUT2D eigenvalue weighted by Crippen LogP contribution is 2.45. The van der Waals surface area contributed by atoms with E-state index in [4.69, 9.17) is 4.52 Å². The van der Waals surface area contributed by atoms with Crippen molar-refractivity contribution in [3.8, 4) is 0 Å². The highest BCUT2D eigenvalue weighted by atomic mass is 19.4. The molecule has 2 fully saturated rings. The van der Waals surface area contributed by atoms with Gasteiger partial charge in [-0.25, -0.2) is 0 Å². The van der Waals surface area contributed by atoms with Gasteiger partial charge in [0.15, 0.2) is 11.2 Å². The Labute approximate surface area is 94.3 Å². The van der Waals surface area contributed by atoms with E-state index in [1.54, 1.807) is 0 Å². The number of nitrogens with zero attached hydrogens (tertiary/aromatic N) is 2. The predicted molar refractivity (Wildman–Crippen MR) is 48.5 cm³/mol. The van der Waals surface area contributed by atoms with Crippen LogP contribution in [0.4, 0.5) is 13.2 Å². The number of hydrogen-bond donors (Lipinski definition) is 1. The Kier molecular flexibility index (Phi) is 2.21. The zero-order chi connectivity index (χ0) is 12.1. The van der Waals surface area contributed by atoms with Crippen LogP contribution in [0.5, 0.6) is 0 Å². The van der Waals surface area contributed by atoms with Gasteiger partial charge in [-0.15, -0.1) is 0 Å². The monoisotopic (exact) mass is 249 g/mol. The standard InChI is InChI=1S/C9H10F3N3O2/c10-9(11,12)8(3-16-4-8)7-14-6(17-15-7)5-1-13-2-5/h5,13H,1-4H2. The first-order valence-corrected chi connectivity index (χ1v) is 5.22. The molecule has 0 spiro atoms. The number of alkyl halides is 3. The smallest absolute Gasteiger partial charge is 0.378 e. The second-order valence-corrected chi connectivity index (χ2v) is 4.38. The molecule has 0 saturated carbocycles. The first kappa shape index (κ1) is 11.0. The summed E-state index contributed by atoms with van der Waals surface area (Å²) in [5.74, 6) is -0.00467. The van der Waals surface area contributed by atoms with Crippen LogP contribution in [0, 0.1) is 0 Å². The van der Waals surface area contributed by atoms with Crippen molar-refractivity contribution in [1.82, 2.24) is 15.5 Å². The quantitative estimate of drug-likeness (QED) is 0.831. The summed E-state index contributed by atoms with van der Waals surface area (Å²) >= 11 is 0. The van der Waals surface area contributed by atoms with Gasteiger partial charge >= 0.3 is 6.18 Å². The first-order chi connectivity index (χ1) is 8.03. The Hall–Kier alpha value is -1.15. The summed E-state index contributed by atoms with van der Waals surface area (Å²) in [5.41, 5.74) is -2.08. The van der Waals surface area contributed by atoms with Crippen LogP contribution in [0.3, 0.4) is 0 Å². The van der Waals surface area contributed by atoms with Crippen molar-refractivity contribution in [2.24, 2.45) is 0 Å². The fourth-order valence-electron chi connectivity index (χ4n) is 1.78. The third-order valence-corrected chi connectivity index (χ3v) is 3.24. The average molecular weight is 249 g/mol. The molecule has 0 atom stereocenters. The highest BCUT2D eigenvalue weighted by Gasteiger charge is 2.64. The topological polar surface area (TPSA) is 60.2 Å². The Balaban J connectivity index is 1.89. The van der Waals surface area contributed by atoms with Crippen LogP contribution in [0.2, 0.25) is 0 Å². The van der Waals surface area contributed by atoms with Gasteiger partial charge in [-0.1, -0.05) is 5.16 Å². The minimum atomic E-state index is -4.41. The van der Waals surface area contributed by atoms with E-state index >= 15 is 0 Å². The largest absolute Gasteiger partial charge is 0.406 e. The Morgan fingerprint density at radius 2 is 2.00 bits per heavy atom. The maximum absolute atomic E-state index is 12.9. The zero-order valence-corrected chi connectivity index (χ0v) is 8.75. The number of halogens is 3. The molecule has 17 heavy (non-hydrogen) atoms. The average Bonchev–Trinajstić information content (AvgIpc) is 2.44. The zero-order valence-electron chi connectivity index (χ0n) is 8.75. The molecule has 2 saturated heterocycles. The molecule has 1 aromatic rings. The van der Waals surface area contributed by atoms with Gasteiger partial charge < -0.3 is 14.6 Å². The highest BCUT2D eigenvalue weighted by molar-refractivity contribution is 5.17. The lowest BCUT2D eigenvalue weighted by Gasteiger charge is -2.39. The van der Waals surface area contributed by atoms with Gasteiger partial charge in [0.2, 0.25) is 5.89 Å². The van der Waals surface area contributed by atoms with Crippen LogP contribution in [0.1, 0.15) is 17.6 Å². The summed E-state index contributed by atoms with van der Waals surface area (Å²) in [7, 11) is 0. The van der Waals surface area contributed by atoms with Gasteiger partial charge in [-0.3, -0.25) is 0 Å². The maximum atomic E-state index is 12.9. The number of aromatic nitrogens is 2. The van der Waals surface area contributed by atoms with Crippen molar-refractivity contribution in [3.63, 3.8) is 0 Å². The number of hydrogen-bond acceptors (Lipinski definition) is 5. The Bertz CT molecular complexity index is 423. The molecular weight excluding hydrogens is 239 g/mol. The number of nitrogens with one attached hydrogen (secondary N) is 1. The van der Waals surface area contributed by atoms with E-state index in [9.17, 15) is 13.2 Å². The number of rotatable bonds is 2. The number of ether oxygens (including phenoxy) is 1. The van der Waals surface area contributed by atoms with Crippen LogP contribution in [-0.4, -0.2) is 42.6 Å². The SMILES string of the molecule is FC(F)(F)C1(c2noc(C3CNC3)n2)COC1. The van der Waals surface area contributed by atoms with Crippen molar-refractivity contribution in [3.05, 3.63) is 11.7 Å². The van der Waals surface area contributed by atoms with Crippen LogP contribution in [0.15, 0.2) is 4.52 Å². The van der Waals surface area contributed by atoms with E-state index in [0.717, 1.165) is 0 Å². The van der Waals surface area contributed by atoms with Crippen LogP contribution < -0.4 is 5.32 Å². The van der Waals surface area contributed by atoms with Crippen molar-refractivity contribution >= 4 is 0 Å². The Morgan fingerprint density at radius 1 is 1.29 bits per heavy atom. The van der Waals surface area contributed by atoms with Gasteiger partial charge in [0.25, 0.3) is 0 Å². The molecule has 0 radical (unpaired) electrons. The molecule has 2 aliphatic heterocycles. The van der Waals surface area contributed by atoms with E-state index < -0.39 is 24.8 Å². The molecule has 5 nitrogen and oxygen atoms in total. The van der Waals surface area contributed by atoms with Gasteiger partial charge in [0, 0.05) is 13.1 Å². The molecule has 0 bridgehead atoms. The normalized spacial score (nSPS) is 24.2. The van der Waals surface area contributed by atoms with Crippen molar-refractivity contribution < 1.29 is 22.4 Å². The summed E-state index contributed by atoms with van der Waals surface area (Å²) < 4.78 is 48.4. The van der Waals surface area contributed by atoms with E-state index in [0.29, 0.717) is 13.1 Å². The van der Waals surface area contributed by atoms with Crippen molar-refractivity contribution in [2.75, 3.05) is 26.3 Å². The molecule has 3 heterocycles. The summed E-state index contributed by atoms with van der Waals surface area (Å²) in [4.78, 5) is 3.88. The summed E-state index contributed by atoms with van der Waals surface area (Å²) in [6, 6.07) is 0. The van der Waals surface area contributed by atoms with Gasteiger partial charge in [0.1, 0.15) is 0 Å². The van der Waals surface area contributed by atoms with Gasteiger partial charge in [0.05, 0.1) is 19.1 Å². The molecular formula is C9H10F3N3O2. The minimum absolute atomic E-state index is 0.0301. The molecule has 3 rings (SSSR count). The lowest BCUT2D eigenvalue weighted by Crippen LogP contribution is -2.58. The molecule has 0 aromatic carbocycles. The van der Waals surface area contributed by atoms with Crippen molar-refractivity contribution in [2.45, 2.75) is 17.5 Å². The second-order valence-electron chi connectivity index (χ2n) is 4.38. The van der Waals surface area contributed by atoms with E-state index in [1.165, 1.54) is 0 Å². The second kappa shape index (κ2) is 3.42. The fourth-order valence-corrected chi connectivity index (χ4v) is 1.78. The summed E-state index contributed by atoms with van der Waals surface area (Å²) in [6.45, 7) is 0.463. The fraction of sp³-hybridized carbons (Fsp3) is 0.778. The summed E-state index contributed by atoms with van der Waals surface area (Å²) in [5, 5.41) is 6.46. The molecule has 0 aliphatic carbocycles. The molecule has 8 heteroatoms. The van der Waals surface area contributed by atoms with Crippen molar-refractivity contribution in [1.29, 1.82) is 0 Å². The van der Waals surface area contributed by atoms with Crippen LogP contribution >= 0.6 is 0 Å². The van der Waals surface area contributed by atoms with Crippen LogP contribution in [-0.2, 0) is 10.2 Å². The minimum Gasteiger partial charge on any atom is -0.378 e. The maximum Gasteiger partial charge on any atom is 0.406 e. The Morgan fingerprint density at radius 3 is 2.41 bits per heavy atom. The predicted octanol–water partition coefficient (Wildman–Crippen LogP) is 0.587. The molecule has 1 aromatic heterocycles. The van der Waals surface area contributed by atoms with Crippen LogP contribution in [0.25, 0.3) is 0 Å². The molecule has 94 valence electrons.